The summed E-state index contributed by atoms with van der Waals surface area (Å²) in [5.74, 6) is 0.829. The molecule has 0 spiro atoms. The van der Waals surface area contributed by atoms with Crippen LogP contribution in [0.1, 0.15) is 61.3 Å². The van der Waals surface area contributed by atoms with Gasteiger partial charge >= 0.3 is 0 Å². The van der Waals surface area contributed by atoms with Crippen molar-refractivity contribution < 1.29 is 13.9 Å². The number of benzene rings is 4. The Bertz CT molecular complexity index is 1490. The zero-order valence-electron chi connectivity index (χ0n) is 21.0. The molecule has 3 nitrogen and oxygen atoms in total. The van der Waals surface area contributed by atoms with Crippen molar-refractivity contribution in [1.82, 2.24) is 0 Å². The van der Waals surface area contributed by atoms with Gasteiger partial charge in [-0.3, -0.25) is 4.79 Å². The quantitative estimate of drug-likeness (QED) is 0.276. The molecule has 4 heteroatoms. The molecular weight excluding hydrogens is 461 g/mol. The molecule has 0 amide bonds. The van der Waals surface area contributed by atoms with Gasteiger partial charge in [-0.1, -0.05) is 67.9 Å². The molecule has 0 aromatic heterocycles. The van der Waals surface area contributed by atoms with Crippen LogP contribution in [0.2, 0.25) is 0 Å². The van der Waals surface area contributed by atoms with Crippen molar-refractivity contribution >= 4 is 27.8 Å². The van der Waals surface area contributed by atoms with Gasteiger partial charge < -0.3 is 10.1 Å². The van der Waals surface area contributed by atoms with E-state index in [9.17, 15) is 9.18 Å². The Kier molecular flexibility index (Phi) is 6.25. The van der Waals surface area contributed by atoms with Crippen molar-refractivity contribution in [2.24, 2.45) is 0 Å². The average molecular weight is 492 g/mol. The van der Waals surface area contributed by atoms with Crippen LogP contribution in [0.4, 0.5) is 10.1 Å². The number of carbonyl (C=O) groups excluding carboxylic acids is 1. The van der Waals surface area contributed by atoms with Crippen molar-refractivity contribution in [2.75, 3.05) is 11.9 Å². The average Bonchev–Trinajstić information content (AvgIpc) is 2.93. The minimum Gasteiger partial charge on any atom is -0.494 e. The van der Waals surface area contributed by atoms with Crippen molar-refractivity contribution in [3.05, 3.63) is 113 Å². The molecule has 2 aliphatic rings. The standard InChI is InChI=1S/C33H30FNO2/c1-2-3-18-37-26-15-10-21(11-16-26)24-19-28-31-27-7-5-4-6-22(27)12-17-29(31)35-33(32(28)30(36)20-24)23-8-13-25(34)14-9-23/h4-17,24,33,35H,2-3,18-20H2,1H3/t24-,33+/m0/s1. The molecule has 0 saturated carbocycles. The molecule has 6 rings (SSSR count). The van der Waals surface area contributed by atoms with Crippen molar-refractivity contribution in [3.63, 3.8) is 0 Å². The maximum atomic E-state index is 13.9. The molecule has 0 saturated heterocycles. The molecule has 4 aromatic rings. The molecule has 1 heterocycles. The number of ketones is 1. The summed E-state index contributed by atoms with van der Waals surface area (Å²) in [5.41, 5.74) is 6.09. The zero-order chi connectivity index (χ0) is 25.4. The maximum Gasteiger partial charge on any atom is 0.162 e. The molecular formula is C33H30FNO2. The predicted molar refractivity (Wildman–Crippen MR) is 147 cm³/mol. The van der Waals surface area contributed by atoms with Gasteiger partial charge in [-0.2, -0.15) is 0 Å². The van der Waals surface area contributed by atoms with E-state index in [2.05, 4.69) is 48.6 Å². The van der Waals surface area contributed by atoms with Gasteiger partial charge in [-0.05, 0) is 76.6 Å². The van der Waals surface area contributed by atoms with Gasteiger partial charge in [-0.15, -0.1) is 0 Å². The van der Waals surface area contributed by atoms with E-state index in [0.29, 0.717) is 6.42 Å². The largest absolute Gasteiger partial charge is 0.494 e. The summed E-state index contributed by atoms with van der Waals surface area (Å²) in [5, 5.41) is 5.92. The van der Waals surface area contributed by atoms with Crippen LogP contribution in [0.15, 0.2) is 90.5 Å². The molecule has 4 aromatic carbocycles. The molecule has 0 radical (unpaired) electrons. The van der Waals surface area contributed by atoms with Gasteiger partial charge in [-0.25, -0.2) is 4.39 Å². The van der Waals surface area contributed by atoms with E-state index < -0.39 is 0 Å². The lowest BCUT2D eigenvalue weighted by molar-refractivity contribution is -0.116. The molecule has 186 valence electrons. The maximum absolute atomic E-state index is 13.9. The molecule has 0 fully saturated rings. The Morgan fingerprint density at radius 1 is 0.892 bits per heavy atom. The number of carbonyl (C=O) groups is 1. The normalized spacial score (nSPS) is 18.8. The lowest BCUT2D eigenvalue weighted by Gasteiger charge is -2.37. The summed E-state index contributed by atoms with van der Waals surface area (Å²) in [6.07, 6.45) is 3.36. The third-order valence-electron chi connectivity index (χ3n) is 7.65. The van der Waals surface area contributed by atoms with Crippen LogP contribution in [-0.4, -0.2) is 12.4 Å². The van der Waals surface area contributed by atoms with Crippen LogP contribution >= 0.6 is 0 Å². The van der Waals surface area contributed by atoms with E-state index >= 15 is 0 Å². The Balaban J connectivity index is 1.43. The summed E-state index contributed by atoms with van der Waals surface area (Å²) in [6.45, 7) is 2.87. The molecule has 2 atom stereocenters. The number of rotatable bonds is 6. The van der Waals surface area contributed by atoms with Crippen molar-refractivity contribution in [2.45, 2.75) is 44.6 Å². The highest BCUT2D eigenvalue weighted by Crippen LogP contribution is 2.51. The number of fused-ring (bicyclic) bond motifs is 4. The molecule has 1 N–H and O–H groups in total. The Labute approximate surface area is 217 Å². The van der Waals surface area contributed by atoms with Gasteiger partial charge in [0.15, 0.2) is 5.78 Å². The number of halogens is 1. The summed E-state index contributed by atoms with van der Waals surface area (Å²) < 4.78 is 19.6. The van der Waals surface area contributed by atoms with Gasteiger partial charge in [0.05, 0.1) is 12.6 Å². The van der Waals surface area contributed by atoms with Gasteiger partial charge in [0.25, 0.3) is 0 Å². The van der Waals surface area contributed by atoms with E-state index in [4.69, 9.17) is 4.74 Å². The second kappa shape index (κ2) is 9.85. The Hall–Kier alpha value is -3.92. The third kappa shape index (κ3) is 4.42. The fourth-order valence-corrected chi connectivity index (χ4v) is 5.76. The van der Waals surface area contributed by atoms with Crippen molar-refractivity contribution in [1.29, 1.82) is 0 Å². The van der Waals surface area contributed by atoms with E-state index in [0.717, 1.165) is 75.9 Å². The first-order chi connectivity index (χ1) is 18.1. The second-order valence-electron chi connectivity index (χ2n) is 10.0. The third-order valence-corrected chi connectivity index (χ3v) is 7.65. The molecule has 1 aliphatic carbocycles. The summed E-state index contributed by atoms with van der Waals surface area (Å²) in [4.78, 5) is 13.9. The Morgan fingerprint density at radius 3 is 2.43 bits per heavy atom. The molecule has 0 bridgehead atoms. The van der Waals surface area contributed by atoms with Crippen LogP contribution in [0.3, 0.4) is 0 Å². The first-order valence-corrected chi connectivity index (χ1v) is 13.2. The zero-order valence-corrected chi connectivity index (χ0v) is 21.0. The monoisotopic (exact) mass is 491 g/mol. The fourth-order valence-electron chi connectivity index (χ4n) is 5.76. The summed E-state index contributed by atoms with van der Waals surface area (Å²) >= 11 is 0. The van der Waals surface area contributed by atoms with Gasteiger partial charge in [0.1, 0.15) is 11.6 Å². The van der Waals surface area contributed by atoms with Crippen LogP contribution in [0.25, 0.3) is 16.3 Å². The second-order valence-corrected chi connectivity index (χ2v) is 10.0. The van der Waals surface area contributed by atoms with Crippen LogP contribution in [0, 0.1) is 5.82 Å². The number of nitrogens with one attached hydrogen (secondary N) is 1. The lowest BCUT2D eigenvalue weighted by atomic mass is 9.71. The highest BCUT2D eigenvalue weighted by molar-refractivity contribution is 6.13. The number of hydrogen-bond acceptors (Lipinski definition) is 3. The molecule has 1 aliphatic heterocycles. The predicted octanol–water partition coefficient (Wildman–Crippen LogP) is 8.22. The molecule has 0 unspecified atom stereocenters. The van der Waals surface area contributed by atoms with Crippen molar-refractivity contribution in [3.8, 4) is 5.75 Å². The van der Waals surface area contributed by atoms with Gasteiger partial charge in [0.2, 0.25) is 0 Å². The number of hydrogen-bond donors (Lipinski definition) is 1. The highest BCUT2D eigenvalue weighted by Gasteiger charge is 2.38. The SMILES string of the molecule is CCCCOc1ccc([C@@H]2CC(=O)C3=C(C2)c2c(ccc4ccccc24)N[C@@H]3c2ccc(F)cc2)cc1. The molecule has 37 heavy (non-hydrogen) atoms. The number of ether oxygens (including phenoxy) is 1. The first-order valence-electron chi connectivity index (χ1n) is 13.2. The highest BCUT2D eigenvalue weighted by atomic mass is 19.1. The summed E-state index contributed by atoms with van der Waals surface area (Å²) in [7, 11) is 0. The minimum absolute atomic E-state index is 0.0923. The summed E-state index contributed by atoms with van der Waals surface area (Å²) in [6, 6.07) is 27.0. The van der Waals surface area contributed by atoms with E-state index in [1.165, 1.54) is 12.1 Å². The number of allylic oxidation sites excluding steroid dienone is 1. The van der Waals surface area contributed by atoms with E-state index in [-0.39, 0.29) is 23.6 Å². The topological polar surface area (TPSA) is 38.3 Å². The van der Waals surface area contributed by atoms with Crippen LogP contribution < -0.4 is 10.1 Å². The number of anilines is 1. The number of unbranched alkanes of at least 4 members (excludes halogenated alkanes) is 1. The van der Waals surface area contributed by atoms with Crippen LogP contribution in [-0.2, 0) is 4.79 Å². The fraction of sp³-hybridized carbons (Fsp3) is 0.242. The van der Waals surface area contributed by atoms with Gasteiger partial charge in [0, 0.05) is 23.2 Å². The Morgan fingerprint density at radius 2 is 1.65 bits per heavy atom. The lowest BCUT2D eigenvalue weighted by Crippen LogP contribution is -2.29. The number of Topliss-reactive ketones (excluding diaryl/α,β-unsaturated/α-hetero) is 1. The smallest absolute Gasteiger partial charge is 0.162 e. The first kappa shape index (κ1) is 23.5. The van der Waals surface area contributed by atoms with E-state index in [1.807, 2.05) is 24.3 Å². The van der Waals surface area contributed by atoms with E-state index in [1.54, 1.807) is 12.1 Å². The van der Waals surface area contributed by atoms with Crippen LogP contribution in [0.5, 0.6) is 5.75 Å². The minimum atomic E-state index is -0.299.